The third kappa shape index (κ3) is 2.37. The van der Waals surface area contributed by atoms with Crippen LogP contribution in [0.4, 0.5) is 0 Å². The van der Waals surface area contributed by atoms with Gasteiger partial charge >= 0.3 is 0 Å². The third-order valence-corrected chi connectivity index (χ3v) is 4.21. The van der Waals surface area contributed by atoms with Crippen molar-refractivity contribution in [1.29, 1.82) is 0 Å². The maximum atomic E-state index is 6.00. The summed E-state index contributed by atoms with van der Waals surface area (Å²) >= 11 is 0. The molecule has 2 heterocycles. The molecule has 3 rings (SSSR count). The quantitative estimate of drug-likeness (QED) is 0.836. The standard InChI is InChI=1S/C16H22O3/c1-3-17-16-11(2)15(14-9-6-10-18-14)12-7-4-5-8-13(12)19-16/h4-5,7-8,11,14-16H,3,6,9-10H2,1-2H3/t11-,14+,15+,16+/m0/s1. The molecule has 0 aliphatic carbocycles. The second-order valence-corrected chi connectivity index (χ2v) is 5.42. The monoisotopic (exact) mass is 262 g/mol. The first-order chi connectivity index (χ1) is 9.31. The Morgan fingerprint density at radius 3 is 2.89 bits per heavy atom. The second kappa shape index (κ2) is 5.51. The van der Waals surface area contributed by atoms with Gasteiger partial charge in [0.1, 0.15) is 5.75 Å². The summed E-state index contributed by atoms with van der Waals surface area (Å²) in [6, 6.07) is 8.30. The first kappa shape index (κ1) is 12.9. The molecule has 0 bridgehead atoms. The molecule has 0 spiro atoms. The largest absolute Gasteiger partial charge is 0.464 e. The summed E-state index contributed by atoms with van der Waals surface area (Å²) in [6.07, 6.45) is 2.45. The van der Waals surface area contributed by atoms with Crippen molar-refractivity contribution in [2.45, 2.75) is 45.0 Å². The number of fused-ring (bicyclic) bond motifs is 1. The normalized spacial score (nSPS) is 33.8. The summed E-state index contributed by atoms with van der Waals surface area (Å²) in [5, 5.41) is 0. The zero-order valence-electron chi connectivity index (χ0n) is 11.7. The first-order valence-corrected chi connectivity index (χ1v) is 7.30. The van der Waals surface area contributed by atoms with Gasteiger partial charge in [-0.3, -0.25) is 0 Å². The number of rotatable bonds is 3. The molecule has 1 fully saturated rings. The minimum atomic E-state index is -0.158. The SMILES string of the molecule is CCO[C@@H]1Oc2ccccc2[C@H]([C@H]2CCCO2)[C@@H]1C. The molecule has 0 radical (unpaired) electrons. The van der Waals surface area contributed by atoms with Gasteiger partial charge in [-0.05, 0) is 25.8 Å². The Morgan fingerprint density at radius 2 is 2.16 bits per heavy atom. The molecule has 0 unspecified atom stereocenters. The summed E-state index contributed by atoms with van der Waals surface area (Å²) in [5.74, 6) is 1.65. The summed E-state index contributed by atoms with van der Waals surface area (Å²) in [5.41, 5.74) is 1.28. The zero-order chi connectivity index (χ0) is 13.2. The lowest BCUT2D eigenvalue weighted by atomic mass is 9.79. The van der Waals surface area contributed by atoms with Crippen molar-refractivity contribution in [1.82, 2.24) is 0 Å². The summed E-state index contributed by atoms with van der Waals surface area (Å²) in [7, 11) is 0. The van der Waals surface area contributed by atoms with Crippen LogP contribution in [0.15, 0.2) is 24.3 Å². The van der Waals surface area contributed by atoms with Gasteiger partial charge in [-0.25, -0.2) is 0 Å². The molecule has 2 aliphatic heterocycles. The van der Waals surface area contributed by atoms with Crippen molar-refractivity contribution in [3.05, 3.63) is 29.8 Å². The molecule has 2 aliphatic rings. The topological polar surface area (TPSA) is 27.7 Å². The average molecular weight is 262 g/mol. The van der Waals surface area contributed by atoms with E-state index in [0.29, 0.717) is 24.5 Å². The Bertz CT molecular complexity index is 426. The van der Waals surface area contributed by atoms with E-state index in [9.17, 15) is 0 Å². The van der Waals surface area contributed by atoms with Crippen LogP contribution in [0, 0.1) is 5.92 Å². The van der Waals surface area contributed by atoms with Crippen LogP contribution in [0.5, 0.6) is 5.75 Å². The Balaban J connectivity index is 1.94. The summed E-state index contributed by atoms with van der Waals surface area (Å²) < 4.78 is 17.7. The van der Waals surface area contributed by atoms with E-state index in [2.05, 4.69) is 19.1 Å². The van der Waals surface area contributed by atoms with Crippen LogP contribution < -0.4 is 4.74 Å². The number of para-hydroxylation sites is 1. The second-order valence-electron chi connectivity index (χ2n) is 5.42. The molecule has 0 amide bonds. The lowest BCUT2D eigenvalue weighted by Crippen LogP contribution is -2.40. The maximum absolute atomic E-state index is 6.00. The Kier molecular flexibility index (Phi) is 3.76. The Hall–Kier alpha value is -1.06. The van der Waals surface area contributed by atoms with Gasteiger partial charge < -0.3 is 14.2 Å². The average Bonchev–Trinajstić information content (AvgIpc) is 2.94. The molecule has 0 N–H and O–H groups in total. The third-order valence-electron chi connectivity index (χ3n) is 4.21. The van der Waals surface area contributed by atoms with Crippen molar-refractivity contribution in [3.63, 3.8) is 0 Å². The fraction of sp³-hybridized carbons (Fsp3) is 0.625. The molecule has 3 heteroatoms. The van der Waals surface area contributed by atoms with Crippen LogP contribution in [0.2, 0.25) is 0 Å². The van der Waals surface area contributed by atoms with Crippen molar-refractivity contribution >= 4 is 0 Å². The van der Waals surface area contributed by atoms with Gasteiger partial charge in [0, 0.05) is 30.6 Å². The van der Waals surface area contributed by atoms with Crippen molar-refractivity contribution in [2.24, 2.45) is 5.92 Å². The van der Waals surface area contributed by atoms with E-state index < -0.39 is 0 Å². The van der Waals surface area contributed by atoms with Crippen molar-refractivity contribution < 1.29 is 14.2 Å². The van der Waals surface area contributed by atoms with Crippen LogP contribution in [-0.2, 0) is 9.47 Å². The highest BCUT2D eigenvalue weighted by atomic mass is 16.7. The molecule has 0 aromatic heterocycles. The van der Waals surface area contributed by atoms with Gasteiger partial charge in [0.25, 0.3) is 0 Å². The summed E-state index contributed by atoms with van der Waals surface area (Å²) in [6.45, 7) is 5.78. The molecule has 0 saturated carbocycles. The molecule has 4 atom stereocenters. The molecule has 1 aromatic rings. The molecule has 3 nitrogen and oxygen atoms in total. The van der Waals surface area contributed by atoms with Gasteiger partial charge in [0.15, 0.2) is 0 Å². The van der Waals surface area contributed by atoms with E-state index in [4.69, 9.17) is 14.2 Å². The van der Waals surface area contributed by atoms with Gasteiger partial charge in [-0.1, -0.05) is 25.1 Å². The van der Waals surface area contributed by atoms with E-state index in [0.717, 1.165) is 25.2 Å². The van der Waals surface area contributed by atoms with Crippen LogP contribution in [0.25, 0.3) is 0 Å². The van der Waals surface area contributed by atoms with Gasteiger partial charge in [-0.2, -0.15) is 0 Å². The van der Waals surface area contributed by atoms with Crippen molar-refractivity contribution in [3.8, 4) is 5.75 Å². The molecule has 104 valence electrons. The smallest absolute Gasteiger partial charge is 0.203 e. The number of hydrogen-bond acceptors (Lipinski definition) is 3. The lowest BCUT2D eigenvalue weighted by Gasteiger charge is -2.39. The molecule has 19 heavy (non-hydrogen) atoms. The van der Waals surface area contributed by atoms with Crippen LogP contribution in [0.3, 0.4) is 0 Å². The predicted octanol–water partition coefficient (Wildman–Crippen LogP) is 3.34. The van der Waals surface area contributed by atoms with Crippen LogP contribution in [0.1, 0.15) is 38.2 Å². The first-order valence-electron chi connectivity index (χ1n) is 7.30. The predicted molar refractivity (Wildman–Crippen MR) is 73.4 cm³/mol. The fourth-order valence-electron chi connectivity index (χ4n) is 3.32. The lowest BCUT2D eigenvalue weighted by molar-refractivity contribution is -0.133. The molecule has 1 saturated heterocycles. The minimum absolute atomic E-state index is 0.158. The van der Waals surface area contributed by atoms with E-state index in [1.165, 1.54) is 5.56 Å². The number of benzene rings is 1. The van der Waals surface area contributed by atoms with Crippen molar-refractivity contribution in [2.75, 3.05) is 13.2 Å². The van der Waals surface area contributed by atoms with Gasteiger partial charge in [0.05, 0.1) is 6.10 Å². The van der Waals surface area contributed by atoms with E-state index in [-0.39, 0.29) is 6.29 Å². The number of ether oxygens (including phenoxy) is 3. The van der Waals surface area contributed by atoms with E-state index in [1.54, 1.807) is 0 Å². The van der Waals surface area contributed by atoms with E-state index in [1.807, 2.05) is 19.1 Å². The number of hydrogen-bond donors (Lipinski definition) is 0. The minimum Gasteiger partial charge on any atom is -0.464 e. The van der Waals surface area contributed by atoms with Gasteiger partial charge in [0.2, 0.25) is 6.29 Å². The summed E-state index contributed by atoms with van der Waals surface area (Å²) in [4.78, 5) is 0. The van der Waals surface area contributed by atoms with Crippen LogP contribution >= 0.6 is 0 Å². The highest BCUT2D eigenvalue weighted by molar-refractivity contribution is 5.39. The highest BCUT2D eigenvalue weighted by Gasteiger charge is 2.41. The van der Waals surface area contributed by atoms with E-state index >= 15 is 0 Å². The molecular formula is C16H22O3. The van der Waals surface area contributed by atoms with Crippen LogP contribution in [-0.4, -0.2) is 25.6 Å². The maximum Gasteiger partial charge on any atom is 0.203 e. The highest BCUT2D eigenvalue weighted by Crippen LogP contribution is 2.45. The van der Waals surface area contributed by atoms with Gasteiger partial charge in [-0.15, -0.1) is 0 Å². The molecular weight excluding hydrogens is 240 g/mol. The Labute approximate surface area is 114 Å². The zero-order valence-corrected chi connectivity index (χ0v) is 11.7. The fourth-order valence-corrected chi connectivity index (χ4v) is 3.32. The Morgan fingerprint density at radius 1 is 1.32 bits per heavy atom. The molecule has 1 aromatic carbocycles.